The zero-order chi connectivity index (χ0) is 12.7. The third-order valence-electron chi connectivity index (χ3n) is 2.23. The lowest BCUT2D eigenvalue weighted by molar-refractivity contribution is 0.361. The molecule has 17 heavy (non-hydrogen) atoms. The molecule has 3 nitrogen and oxygen atoms in total. The predicted octanol–water partition coefficient (Wildman–Crippen LogP) is 2.29. The van der Waals surface area contributed by atoms with Crippen molar-refractivity contribution in [1.29, 1.82) is 0 Å². The highest BCUT2D eigenvalue weighted by Gasteiger charge is 2.06. The Hall–Kier alpha value is -1.53. The second kappa shape index (κ2) is 6.93. The molecule has 0 fully saturated rings. The van der Waals surface area contributed by atoms with Gasteiger partial charge in [0.05, 0.1) is 5.69 Å². The van der Waals surface area contributed by atoms with Crippen LogP contribution in [0, 0.1) is 18.8 Å². The highest BCUT2D eigenvalue weighted by molar-refractivity contribution is 5.29. The van der Waals surface area contributed by atoms with Gasteiger partial charge in [-0.25, -0.2) is 0 Å². The Balaban J connectivity index is 2.74. The molecule has 1 aromatic heterocycles. The number of ether oxygens (including phenoxy) is 1. The minimum Gasteiger partial charge on any atom is -0.479 e. The summed E-state index contributed by atoms with van der Waals surface area (Å²) >= 11 is 0. The lowest BCUT2D eigenvalue weighted by atomic mass is 10.2. The summed E-state index contributed by atoms with van der Waals surface area (Å²) in [6.45, 7) is 9.13. The van der Waals surface area contributed by atoms with Gasteiger partial charge in [-0.1, -0.05) is 19.8 Å². The average molecular weight is 232 g/mol. The molecule has 1 heterocycles. The van der Waals surface area contributed by atoms with Crippen LogP contribution in [0.3, 0.4) is 0 Å². The maximum absolute atomic E-state index is 5.59. The van der Waals surface area contributed by atoms with Crippen molar-refractivity contribution in [2.75, 3.05) is 6.61 Å². The Bertz CT molecular complexity index is 416. The molecule has 1 rings (SSSR count). The number of rotatable bonds is 5. The molecule has 1 aromatic rings. The smallest absolute Gasteiger partial charge is 0.149 e. The molecule has 0 unspecified atom stereocenters. The van der Waals surface area contributed by atoms with E-state index in [0.717, 1.165) is 17.1 Å². The van der Waals surface area contributed by atoms with E-state index in [1.54, 1.807) is 6.92 Å². The van der Waals surface area contributed by atoms with Crippen LogP contribution in [0.5, 0.6) is 5.75 Å². The summed E-state index contributed by atoms with van der Waals surface area (Å²) in [7, 11) is 0. The van der Waals surface area contributed by atoms with Gasteiger partial charge in [-0.05, 0) is 26.0 Å². The molecular formula is C14H20N2O. The predicted molar refractivity (Wildman–Crippen MR) is 69.9 cm³/mol. The van der Waals surface area contributed by atoms with Crippen molar-refractivity contribution >= 4 is 0 Å². The molecule has 0 aliphatic heterocycles. The van der Waals surface area contributed by atoms with E-state index in [-0.39, 0.29) is 0 Å². The van der Waals surface area contributed by atoms with Crippen LogP contribution in [0.4, 0.5) is 0 Å². The van der Waals surface area contributed by atoms with Gasteiger partial charge in [0.15, 0.2) is 0 Å². The van der Waals surface area contributed by atoms with Gasteiger partial charge in [0, 0.05) is 18.3 Å². The second-order valence-electron chi connectivity index (χ2n) is 4.15. The van der Waals surface area contributed by atoms with Crippen molar-refractivity contribution in [1.82, 2.24) is 10.3 Å². The monoisotopic (exact) mass is 232 g/mol. The molecule has 0 radical (unpaired) electrons. The van der Waals surface area contributed by atoms with E-state index in [0.29, 0.717) is 19.2 Å². The molecule has 0 saturated heterocycles. The highest BCUT2D eigenvalue weighted by Crippen LogP contribution is 2.16. The zero-order valence-corrected chi connectivity index (χ0v) is 11.0. The number of nitrogens with zero attached hydrogens (tertiary/aromatic N) is 1. The van der Waals surface area contributed by atoms with Crippen molar-refractivity contribution in [3.8, 4) is 17.6 Å². The normalized spacial score (nSPS) is 9.94. The molecule has 0 aromatic carbocycles. The van der Waals surface area contributed by atoms with Crippen LogP contribution >= 0.6 is 0 Å². The molecule has 0 saturated carbocycles. The largest absolute Gasteiger partial charge is 0.479 e. The van der Waals surface area contributed by atoms with E-state index in [1.165, 1.54) is 0 Å². The molecule has 0 atom stereocenters. The van der Waals surface area contributed by atoms with E-state index >= 15 is 0 Å². The van der Waals surface area contributed by atoms with E-state index in [2.05, 4.69) is 36.0 Å². The molecule has 3 heteroatoms. The van der Waals surface area contributed by atoms with Gasteiger partial charge >= 0.3 is 0 Å². The number of hydrogen-bond donors (Lipinski definition) is 1. The van der Waals surface area contributed by atoms with Gasteiger partial charge in [-0.3, -0.25) is 4.98 Å². The van der Waals surface area contributed by atoms with Gasteiger partial charge in [0.2, 0.25) is 0 Å². The maximum atomic E-state index is 5.59. The minimum atomic E-state index is 0.413. The topological polar surface area (TPSA) is 34.1 Å². The summed E-state index contributed by atoms with van der Waals surface area (Å²) in [5, 5.41) is 3.34. The molecule has 92 valence electrons. The van der Waals surface area contributed by atoms with Gasteiger partial charge < -0.3 is 10.1 Å². The molecule has 0 amide bonds. The summed E-state index contributed by atoms with van der Waals surface area (Å²) in [6, 6.07) is 4.34. The lowest BCUT2D eigenvalue weighted by Gasteiger charge is -2.12. The molecule has 0 spiro atoms. The van der Waals surface area contributed by atoms with Crippen molar-refractivity contribution in [3.63, 3.8) is 0 Å². The van der Waals surface area contributed by atoms with E-state index in [4.69, 9.17) is 4.74 Å². The fourth-order valence-electron chi connectivity index (χ4n) is 1.34. The van der Waals surface area contributed by atoms with Crippen LogP contribution in [0.15, 0.2) is 12.1 Å². The van der Waals surface area contributed by atoms with Gasteiger partial charge in [0.1, 0.15) is 12.4 Å². The number of aryl methyl sites for hydroxylation is 1. The number of pyridine rings is 1. The first-order valence-electron chi connectivity index (χ1n) is 5.85. The van der Waals surface area contributed by atoms with Crippen molar-refractivity contribution in [3.05, 3.63) is 23.5 Å². The van der Waals surface area contributed by atoms with Crippen LogP contribution < -0.4 is 10.1 Å². The van der Waals surface area contributed by atoms with E-state index < -0.39 is 0 Å². The molecule has 0 bridgehead atoms. The first-order chi connectivity index (χ1) is 8.13. The SMILES string of the molecule is CC#CCOc1ccc(C)nc1CNC(C)C. The van der Waals surface area contributed by atoms with Crippen LogP contribution in [0.2, 0.25) is 0 Å². The van der Waals surface area contributed by atoms with E-state index in [1.807, 2.05) is 19.1 Å². The Morgan fingerprint density at radius 3 is 2.82 bits per heavy atom. The summed E-state index contributed by atoms with van der Waals surface area (Å²) in [6.07, 6.45) is 0. The fraction of sp³-hybridized carbons (Fsp3) is 0.500. The van der Waals surface area contributed by atoms with Crippen molar-refractivity contribution < 1.29 is 4.74 Å². The third kappa shape index (κ3) is 4.88. The Kier molecular flexibility index (Phi) is 5.51. The Morgan fingerprint density at radius 2 is 2.18 bits per heavy atom. The number of nitrogens with one attached hydrogen (secondary N) is 1. The van der Waals surface area contributed by atoms with Crippen LogP contribution in [-0.4, -0.2) is 17.6 Å². The summed E-state index contributed by atoms with van der Waals surface area (Å²) in [5.41, 5.74) is 1.94. The molecule has 1 N–H and O–H groups in total. The summed E-state index contributed by atoms with van der Waals surface area (Å²) in [5.74, 6) is 6.50. The number of hydrogen-bond acceptors (Lipinski definition) is 3. The number of aromatic nitrogens is 1. The Labute approximate surface area is 104 Å². The standard InChI is InChI=1S/C14H20N2O/c1-5-6-9-17-14-8-7-12(4)16-13(14)10-15-11(2)3/h7-8,11,15H,9-10H2,1-4H3. The van der Waals surface area contributed by atoms with Crippen molar-refractivity contribution in [2.24, 2.45) is 0 Å². The third-order valence-corrected chi connectivity index (χ3v) is 2.23. The van der Waals surface area contributed by atoms with Crippen LogP contribution in [-0.2, 0) is 6.54 Å². The quantitative estimate of drug-likeness (QED) is 0.791. The van der Waals surface area contributed by atoms with Crippen LogP contribution in [0.25, 0.3) is 0 Å². The lowest BCUT2D eigenvalue weighted by Crippen LogP contribution is -2.23. The highest BCUT2D eigenvalue weighted by atomic mass is 16.5. The van der Waals surface area contributed by atoms with Crippen LogP contribution in [0.1, 0.15) is 32.2 Å². The zero-order valence-electron chi connectivity index (χ0n) is 11.0. The first kappa shape index (κ1) is 13.5. The van der Waals surface area contributed by atoms with Gasteiger partial charge in [0.25, 0.3) is 0 Å². The van der Waals surface area contributed by atoms with Gasteiger partial charge in [-0.2, -0.15) is 0 Å². The van der Waals surface area contributed by atoms with Gasteiger partial charge in [-0.15, -0.1) is 5.92 Å². The average Bonchev–Trinajstić information content (AvgIpc) is 2.29. The van der Waals surface area contributed by atoms with Crippen molar-refractivity contribution in [2.45, 2.75) is 40.3 Å². The Morgan fingerprint density at radius 1 is 1.41 bits per heavy atom. The molecule has 0 aliphatic carbocycles. The fourth-order valence-corrected chi connectivity index (χ4v) is 1.34. The van der Waals surface area contributed by atoms with E-state index in [9.17, 15) is 0 Å². The second-order valence-corrected chi connectivity index (χ2v) is 4.15. The summed E-state index contributed by atoms with van der Waals surface area (Å²) < 4.78 is 5.59. The molecule has 0 aliphatic rings. The minimum absolute atomic E-state index is 0.413. The summed E-state index contributed by atoms with van der Waals surface area (Å²) in [4.78, 5) is 4.49. The maximum Gasteiger partial charge on any atom is 0.149 e. The first-order valence-corrected chi connectivity index (χ1v) is 5.85. The molecular weight excluding hydrogens is 212 g/mol.